The molecule has 2 rings (SSSR count). The number of fused-ring (bicyclic) bond motifs is 1. The highest BCUT2D eigenvalue weighted by Crippen LogP contribution is 2.18. The summed E-state index contributed by atoms with van der Waals surface area (Å²) in [6.07, 6.45) is -0.245. The lowest BCUT2D eigenvalue weighted by Crippen LogP contribution is -2.18. The highest BCUT2D eigenvalue weighted by molar-refractivity contribution is 5.84. The van der Waals surface area contributed by atoms with Crippen LogP contribution in [0.15, 0.2) is 23.0 Å². The molecule has 17 heavy (non-hydrogen) atoms. The number of nitrogens with one attached hydrogen (secondary N) is 1. The number of aromatic amines is 1. The molecular weight excluding hydrogens is 218 g/mol. The van der Waals surface area contributed by atoms with Crippen molar-refractivity contribution in [3.8, 4) is 0 Å². The fraction of sp³-hybridized carbons (Fsp3) is 0.231. The van der Waals surface area contributed by atoms with Crippen LogP contribution >= 0.6 is 0 Å². The van der Waals surface area contributed by atoms with Crippen LogP contribution in [0.25, 0.3) is 10.9 Å². The second-order valence-electron chi connectivity index (χ2n) is 4.18. The first kappa shape index (κ1) is 11.4. The second kappa shape index (κ2) is 4.05. The third kappa shape index (κ3) is 2.06. The van der Waals surface area contributed by atoms with Gasteiger partial charge in [-0.25, -0.2) is 0 Å². The normalized spacial score (nSPS) is 10.7. The lowest BCUT2D eigenvalue weighted by molar-refractivity contribution is -0.136. The molecule has 1 heterocycles. The van der Waals surface area contributed by atoms with Crippen LogP contribution in [-0.2, 0) is 11.2 Å². The van der Waals surface area contributed by atoms with Gasteiger partial charge in [-0.3, -0.25) is 9.59 Å². The topological polar surface area (TPSA) is 70.2 Å². The molecule has 2 N–H and O–H groups in total. The molecule has 0 spiro atoms. The van der Waals surface area contributed by atoms with Gasteiger partial charge in [0.05, 0.1) is 6.42 Å². The molecule has 0 fully saturated rings. The summed E-state index contributed by atoms with van der Waals surface area (Å²) in [5.74, 6) is -0.995. The monoisotopic (exact) mass is 231 g/mol. The molecule has 0 amide bonds. The Bertz CT molecular complexity index is 655. The molecule has 4 nitrogen and oxygen atoms in total. The molecule has 0 unspecified atom stereocenters. The number of aromatic nitrogens is 1. The Kier molecular flexibility index (Phi) is 2.71. The van der Waals surface area contributed by atoms with Crippen molar-refractivity contribution in [2.75, 3.05) is 0 Å². The van der Waals surface area contributed by atoms with Gasteiger partial charge in [0.15, 0.2) is 0 Å². The zero-order valence-electron chi connectivity index (χ0n) is 9.70. The van der Waals surface area contributed by atoms with Crippen molar-refractivity contribution in [2.45, 2.75) is 20.3 Å². The predicted octanol–water partition coefficient (Wildman–Crippen LogP) is 1.77. The highest BCUT2D eigenvalue weighted by Gasteiger charge is 2.12. The summed E-state index contributed by atoms with van der Waals surface area (Å²) in [5, 5.41) is 9.67. The third-order valence-corrected chi connectivity index (χ3v) is 2.88. The van der Waals surface area contributed by atoms with Gasteiger partial charge in [-0.15, -0.1) is 0 Å². The van der Waals surface area contributed by atoms with Crippen molar-refractivity contribution < 1.29 is 9.90 Å². The minimum Gasteiger partial charge on any atom is -0.481 e. The first-order valence-corrected chi connectivity index (χ1v) is 5.33. The van der Waals surface area contributed by atoms with Crippen LogP contribution < -0.4 is 5.56 Å². The van der Waals surface area contributed by atoms with Gasteiger partial charge in [-0.1, -0.05) is 12.1 Å². The minimum atomic E-state index is -0.995. The zero-order chi connectivity index (χ0) is 12.6. The number of pyridine rings is 1. The van der Waals surface area contributed by atoms with Crippen molar-refractivity contribution in [1.29, 1.82) is 0 Å². The standard InChI is InChI=1S/C13H13NO3/c1-7-3-4-9-8(2)10(6-12(15)16)13(17)14-11(9)5-7/h3-5H,6H2,1-2H3,(H,14,17)(H,15,16). The Morgan fingerprint density at radius 1 is 1.35 bits per heavy atom. The van der Waals surface area contributed by atoms with Gasteiger partial charge >= 0.3 is 5.97 Å². The van der Waals surface area contributed by atoms with Crippen molar-refractivity contribution in [3.05, 3.63) is 45.2 Å². The largest absolute Gasteiger partial charge is 0.481 e. The average molecular weight is 231 g/mol. The van der Waals surface area contributed by atoms with Crippen molar-refractivity contribution in [2.24, 2.45) is 0 Å². The van der Waals surface area contributed by atoms with Gasteiger partial charge in [0.1, 0.15) is 0 Å². The molecule has 4 heteroatoms. The summed E-state index contributed by atoms with van der Waals surface area (Å²) >= 11 is 0. The van der Waals surface area contributed by atoms with E-state index in [2.05, 4.69) is 4.98 Å². The number of carbonyl (C=O) groups is 1. The summed E-state index contributed by atoms with van der Waals surface area (Å²) in [6, 6.07) is 5.73. The SMILES string of the molecule is Cc1ccc2c(C)c(CC(=O)O)c(=O)[nH]c2c1. The van der Waals surface area contributed by atoms with Crippen LogP contribution in [0.1, 0.15) is 16.7 Å². The number of benzene rings is 1. The average Bonchev–Trinajstić information content (AvgIpc) is 2.23. The maximum atomic E-state index is 11.8. The molecule has 1 aromatic heterocycles. The van der Waals surface area contributed by atoms with Crippen LogP contribution in [0.4, 0.5) is 0 Å². The number of H-pyrrole nitrogens is 1. The molecule has 0 saturated heterocycles. The fourth-order valence-electron chi connectivity index (χ4n) is 1.98. The summed E-state index contributed by atoms with van der Waals surface area (Å²) in [5.41, 5.74) is 2.56. The highest BCUT2D eigenvalue weighted by atomic mass is 16.4. The molecule has 0 aliphatic carbocycles. The fourth-order valence-corrected chi connectivity index (χ4v) is 1.98. The van der Waals surface area contributed by atoms with Crippen molar-refractivity contribution in [3.63, 3.8) is 0 Å². The molecule has 2 aromatic rings. The van der Waals surface area contributed by atoms with Crippen molar-refractivity contribution in [1.82, 2.24) is 4.98 Å². The Hall–Kier alpha value is -2.10. The van der Waals surface area contributed by atoms with E-state index in [1.54, 1.807) is 6.92 Å². The van der Waals surface area contributed by atoms with Gasteiger partial charge < -0.3 is 10.1 Å². The maximum Gasteiger partial charge on any atom is 0.308 e. The summed E-state index contributed by atoms with van der Waals surface area (Å²) in [6.45, 7) is 3.73. The van der Waals surface area contributed by atoms with E-state index < -0.39 is 5.97 Å². The van der Waals surface area contributed by atoms with Crippen LogP contribution in [-0.4, -0.2) is 16.1 Å². The van der Waals surface area contributed by atoms with E-state index in [0.717, 1.165) is 22.0 Å². The summed E-state index contributed by atoms with van der Waals surface area (Å²) in [7, 11) is 0. The smallest absolute Gasteiger partial charge is 0.308 e. The molecular formula is C13H13NO3. The molecule has 0 aliphatic rings. The Labute approximate surface area is 97.9 Å². The van der Waals surface area contributed by atoms with E-state index in [-0.39, 0.29) is 12.0 Å². The molecule has 0 bridgehead atoms. The number of carboxylic acid groups (broad SMARTS) is 1. The van der Waals surface area contributed by atoms with Crippen LogP contribution in [0.3, 0.4) is 0 Å². The van der Waals surface area contributed by atoms with Gasteiger partial charge in [0.2, 0.25) is 0 Å². The van der Waals surface area contributed by atoms with Gasteiger partial charge in [-0.2, -0.15) is 0 Å². The quantitative estimate of drug-likeness (QED) is 0.827. The van der Waals surface area contributed by atoms with Crippen LogP contribution in [0.5, 0.6) is 0 Å². The zero-order valence-corrected chi connectivity index (χ0v) is 9.70. The number of aryl methyl sites for hydroxylation is 2. The summed E-state index contributed by atoms with van der Waals surface area (Å²) in [4.78, 5) is 25.2. The molecule has 0 atom stereocenters. The predicted molar refractivity (Wildman–Crippen MR) is 65.4 cm³/mol. The van der Waals surface area contributed by atoms with Gasteiger partial charge in [0, 0.05) is 16.5 Å². The minimum absolute atomic E-state index is 0.245. The lowest BCUT2D eigenvalue weighted by atomic mass is 10.0. The van der Waals surface area contributed by atoms with Crippen molar-refractivity contribution >= 4 is 16.9 Å². The number of rotatable bonds is 2. The Morgan fingerprint density at radius 3 is 2.71 bits per heavy atom. The van der Waals surface area contributed by atoms with E-state index in [0.29, 0.717) is 5.56 Å². The van der Waals surface area contributed by atoms with Gasteiger partial charge in [0.25, 0.3) is 5.56 Å². The second-order valence-corrected chi connectivity index (χ2v) is 4.18. The molecule has 1 aromatic carbocycles. The number of hydrogen-bond acceptors (Lipinski definition) is 2. The van der Waals surface area contributed by atoms with Gasteiger partial charge in [-0.05, 0) is 31.0 Å². The lowest BCUT2D eigenvalue weighted by Gasteiger charge is -2.07. The number of hydrogen-bond donors (Lipinski definition) is 2. The van der Waals surface area contributed by atoms with E-state index in [4.69, 9.17) is 5.11 Å². The van der Waals surface area contributed by atoms with E-state index in [1.165, 1.54) is 0 Å². The number of carboxylic acids is 1. The van der Waals surface area contributed by atoms with E-state index >= 15 is 0 Å². The van der Waals surface area contributed by atoms with E-state index in [9.17, 15) is 9.59 Å². The van der Waals surface area contributed by atoms with Crippen LogP contribution in [0, 0.1) is 13.8 Å². The Balaban J connectivity index is 2.76. The third-order valence-electron chi connectivity index (χ3n) is 2.88. The number of aliphatic carboxylic acids is 1. The first-order chi connectivity index (χ1) is 7.99. The molecule has 0 aliphatic heterocycles. The molecule has 88 valence electrons. The first-order valence-electron chi connectivity index (χ1n) is 5.33. The van der Waals surface area contributed by atoms with E-state index in [1.807, 2.05) is 25.1 Å². The Morgan fingerprint density at radius 2 is 2.06 bits per heavy atom. The maximum absolute atomic E-state index is 11.8. The molecule has 0 radical (unpaired) electrons. The molecule has 0 saturated carbocycles. The summed E-state index contributed by atoms with van der Waals surface area (Å²) < 4.78 is 0. The van der Waals surface area contributed by atoms with Crippen LogP contribution in [0.2, 0.25) is 0 Å².